The van der Waals surface area contributed by atoms with Gasteiger partial charge in [-0.05, 0) is 21.5 Å². The van der Waals surface area contributed by atoms with Gasteiger partial charge in [-0.25, -0.2) is 0 Å². The maximum atomic E-state index is 12.7. The molecule has 1 N–H and O–H groups in total. The van der Waals surface area contributed by atoms with Crippen molar-refractivity contribution >= 4 is 27.6 Å². The van der Waals surface area contributed by atoms with Gasteiger partial charge in [0, 0.05) is 10.5 Å². The number of rotatable bonds is 3. The first-order valence-corrected chi connectivity index (χ1v) is 5.18. The predicted octanol–water partition coefficient (Wildman–Crippen LogP) is 3.00. The molecule has 5 nitrogen and oxygen atoms in total. The van der Waals surface area contributed by atoms with E-state index in [-0.39, 0.29) is 5.56 Å². The normalized spacial score (nSPS) is 11.3. The number of carboxylic acid groups (broad SMARTS) is 1. The van der Waals surface area contributed by atoms with Crippen LogP contribution in [0.25, 0.3) is 0 Å². The van der Waals surface area contributed by atoms with Gasteiger partial charge >= 0.3 is 12.1 Å². The molecule has 0 unspecified atom stereocenters. The summed E-state index contributed by atoms with van der Waals surface area (Å²) in [6.07, 6.45) is -5.61. The van der Waals surface area contributed by atoms with E-state index in [4.69, 9.17) is 5.11 Å². The highest BCUT2D eigenvalue weighted by atomic mass is 79.9. The Morgan fingerprint density at radius 3 is 2.39 bits per heavy atom. The smallest absolute Gasteiger partial charge is 0.424 e. The SMILES string of the molecule is O=C(O)Cc1ccc([N+](=O)[O-])c(C(F)(F)F)c1Br. The van der Waals surface area contributed by atoms with Crippen LogP contribution in [0.1, 0.15) is 11.1 Å². The van der Waals surface area contributed by atoms with Crippen LogP contribution in [0.15, 0.2) is 16.6 Å². The maximum Gasteiger partial charge on any atom is 0.424 e. The summed E-state index contributed by atoms with van der Waals surface area (Å²) < 4.78 is 37.5. The van der Waals surface area contributed by atoms with Crippen molar-refractivity contribution in [2.75, 3.05) is 0 Å². The third-order valence-corrected chi connectivity index (χ3v) is 2.93. The lowest BCUT2D eigenvalue weighted by molar-refractivity contribution is -0.388. The van der Waals surface area contributed by atoms with E-state index in [9.17, 15) is 28.1 Å². The number of hydrogen-bond donors (Lipinski definition) is 1. The zero-order chi connectivity index (χ0) is 14.1. The van der Waals surface area contributed by atoms with Gasteiger partial charge in [0.2, 0.25) is 0 Å². The van der Waals surface area contributed by atoms with E-state index in [0.29, 0.717) is 6.07 Å². The molecular formula is C9H5BrF3NO4. The van der Waals surface area contributed by atoms with Gasteiger partial charge in [0.15, 0.2) is 0 Å². The van der Waals surface area contributed by atoms with Gasteiger partial charge in [0.25, 0.3) is 5.69 Å². The quantitative estimate of drug-likeness (QED) is 0.683. The van der Waals surface area contributed by atoms with Crippen LogP contribution in [0, 0.1) is 10.1 Å². The van der Waals surface area contributed by atoms with Crippen molar-refractivity contribution < 1.29 is 28.0 Å². The second-order valence-electron chi connectivity index (χ2n) is 3.26. The van der Waals surface area contributed by atoms with Gasteiger partial charge in [-0.15, -0.1) is 0 Å². The van der Waals surface area contributed by atoms with E-state index < -0.39 is 39.2 Å². The molecular weight excluding hydrogens is 323 g/mol. The topological polar surface area (TPSA) is 80.4 Å². The lowest BCUT2D eigenvalue weighted by atomic mass is 10.1. The van der Waals surface area contributed by atoms with E-state index in [1.165, 1.54) is 0 Å². The Morgan fingerprint density at radius 1 is 1.44 bits per heavy atom. The average Bonchev–Trinajstić information content (AvgIpc) is 2.17. The summed E-state index contributed by atoms with van der Waals surface area (Å²) in [4.78, 5) is 19.8. The molecule has 0 radical (unpaired) electrons. The molecule has 1 aromatic carbocycles. The van der Waals surface area contributed by atoms with Crippen LogP contribution >= 0.6 is 15.9 Å². The molecule has 0 heterocycles. The number of carboxylic acids is 1. The Kier molecular flexibility index (Phi) is 3.95. The molecule has 18 heavy (non-hydrogen) atoms. The van der Waals surface area contributed by atoms with Gasteiger partial charge in [0.05, 0.1) is 11.3 Å². The summed E-state index contributed by atoms with van der Waals surface area (Å²) in [5.41, 5.74) is -2.78. The number of benzene rings is 1. The highest BCUT2D eigenvalue weighted by Crippen LogP contribution is 2.42. The van der Waals surface area contributed by atoms with Gasteiger partial charge in [-0.2, -0.15) is 13.2 Å². The Morgan fingerprint density at radius 2 is 2.00 bits per heavy atom. The number of nitro benzene ring substituents is 1. The van der Waals surface area contributed by atoms with Crippen molar-refractivity contribution in [3.8, 4) is 0 Å². The van der Waals surface area contributed by atoms with Crippen molar-refractivity contribution in [3.05, 3.63) is 37.8 Å². The monoisotopic (exact) mass is 327 g/mol. The predicted molar refractivity (Wildman–Crippen MR) is 57.1 cm³/mol. The molecule has 0 aromatic heterocycles. The maximum absolute atomic E-state index is 12.7. The van der Waals surface area contributed by atoms with Crippen molar-refractivity contribution in [3.63, 3.8) is 0 Å². The first-order chi connectivity index (χ1) is 8.14. The molecule has 0 aliphatic heterocycles. The Labute approximate surface area is 106 Å². The minimum Gasteiger partial charge on any atom is -0.481 e. The number of hydrogen-bond acceptors (Lipinski definition) is 3. The second-order valence-corrected chi connectivity index (χ2v) is 4.05. The van der Waals surface area contributed by atoms with Gasteiger partial charge in [-0.1, -0.05) is 6.07 Å². The first kappa shape index (κ1) is 14.4. The molecule has 98 valence electrons. The average molecular weight is 328 g/mol. The van der Waals surface area contributed by atoms with E-state index in [1.54, 1.807) is 0 Å². The van der Waals surface area contributed by atoms with Crippen LogP contribution in [-0.2, 0) is 17.4 Å². The van der Waals surface area contributed by atoms with Crippen LogP contribution in [0.5, 0.6) is 0 Å². The lowest BCUT2D eigenvalue weighted by Gasteiger charge is -2.12. The standard InChI is InChI=1S/C9H5BrF3NO4/c10-8-4(3-6(15)16)1-2-5(14(17)18)7(8)9(11,12)13/h1-2H,3H2,(H,15,16). The van der Waals surface area contributed by atoms with Crippen molar-refractivity contribution in [2.45, 2.75) is 12.6 Å². The molecule has 9 heteroatoms. The Bertz CT molecular complexity index is 515. The summed E-state index contributed by atoms with van der Waals surface area (Å²) in [6.45, 7) is 0. The van der Waals surface area contributed by atoms with E-state index in [0.717, 1.165) is 6.07 Å². The molecule has 0 saturated carbocycles. The fraction of sp³-hybridized carbons (Fsp3) is 0.222. The zero-order valence-corrected chi connectivity index (χ0v) is 10.1. The molecule has 0 fully saturated rings. The number of aliphatic carboxylic acids is 1. The van der Waals surface area contributed by atoms with Crippen LogP contribution in [0.3, 0.4) is 0 Å². The van der Waals surface area contributed by atoms with E-state index >= 15 is 0 Å². The number of nitro groups is 1. The van der Waals surface area contributed by atoms with Crippen LogP contribution in [0.2, 0.25) is 0 Å². The molecule has 0 bridgehead atoms. The number of nitrogens with zero attached hydrogens (tertiary/aromatic N) is 1. The zero-order valence-electron chi connectivity index (χ0n) is 8.49. The molecule has 1 aromatic rings. The molecule has 0 amide bonds. The third-order valence-electron chi connectivity index (χ3n) is 2.02. The number of carbonyl (C=O) groups is 1. The number of halogens is 4. The van der Waals surface area contributed by atoms with Crippen LogP contribution < -0.4 is 0 Å². The van der Waals surface area contributed by atoms with Crippen LogP contribution in [-0.4, -0.2) is 16.0 Å². The minimum atomic E-state index is -4.95. The van der Waals surface area contributed by atoms with Crippen molar-refractivity contribution in [1.82, 2.24) is 0 Å². The number of alkyl halides is 3. The van der Waals surface area contributed by atoms with Gasteiger partial charge < -0.3 is 5.11 Å². The molecule has 0 saturated heterocycles. The van der Waals surface area contributed by atoms with E-state index in [1.807, 2.05) is 0 Å². The third kappa shape index (κ3) is 2.97. The minimum absolute atomic E-state index is 0.180. The summed E-state index contributed by atoms with van der Waals surface area (Å²) in [5, 5.41) is 19.1. The van der Waals surface area contributed by atoms with Gasteiger partial charge in [0.1, 0.15) is 5.56 Å². The first-order valence-electron chi connectivity index (χ1n) is 4.39. The molecule has 0 aliphatic carbocycles. The fourth-order valence-corrected chi connectivity index (χ4v) is 2.03. The molecule has 0 spiro atoms. The summed E-state index contributed by atoms with van der Waals surface area (Å²) in [7, 11) is 0. The highest BCUT2D eigenvalue weighted by molar-refractivity contribution is 9.10. The summed E-state index contributed by atoms with van der Waals surface area (Å²) in [6, 6.07) is 1.62. The summed E-state index contributed by atoms with van der Waals surface area (Å²) in [5.74, 6) is -1.34. The molecule has 1 rings (SSSR count). The lowest BCUT2D eigenvalue weighted by Crippen LogP contribution is -2.12. The Hall–Kier alpha value is -1.64. The molecule has 0 atom stereocenters. The largest absolute Gasteiger partial charge is 0.481 e. The molecule has 0 aliphatic rings. The second kappa shape index (κ2) is 4.92. The Balaban J connectivity index is 3.50. The highest BCUT2D eigenvalue weighted by Gasteiger charge is 2.41. The van der Waals surface area contributed by atoms with Crippen molar-refractivity contribution in [1.29, 1.82) is 0 Å². The van der Waals surface area contributed by atoms with E-state index in [2.05, 4.69) is 15.9 Å². The fourth-order valence-electron chi connectivity index (χ4n) is 1.33. The van der Waals surface area contributed by atoms with Crippen LogP contribution in [0.4, 0.5) is 18.9 Å². The summed E-state index contributed by atoms with van der Waals surface area (Å²) >= 11 is 2.58. The van der Waals surface area contributed by atoms with Crippen molar-refractivity contribution in [2.24, 2.45) is 0 Å². The van der Waals surface area contributed by atoms with Gasteiger partial charge in [-0.3, -0.25) is 14.9 Å².